The molecule has 4 heteroatoms. The molecule has 0 saturated heterocycles. The monoisotopic (exact) mass is 359 g/mol. The van der Waals surface area contributed by atoms with Gasteiger partial charge in [0, 0.05) is 0 Å². The second-order valence-electron chi connectivity index (χ2n) is 6.01. The van der Waals surface area contributed by atoms with Gasteiger partial charge in [-0.3, -0.25) is 0 Å². The summed E-state index contributed by atoms with van der Waals surface area (Å²) in [6.45, 7) is 0.816. The van der Waals surface area contributed by atoms with E-state index < -0.39 is 0 Å². The predicted molar refractivity (Wildman–Crippen MR) is 104 cm³/mol. The van der Waals surface area contributed by atoms with Crippen LogP contribution < -0.4 is 14.2 Å². The number of methoxy groups -OCH3 is 1. The quantitative estimate of drug-likeness (QED) is 0.573. The number of nitrogens with zero attached hydrogens (tertiary/aromatic N) is 1. The van der Waals surface area contributed by atoms with E-state index in [9.17, 15) is 0 Å². The van der Waals surface area contributed by atoms with Crippen LogP contribution in [0.25, 0.3) is 0 Å². The lowest BCUT2D eigenvalue weighted by Gasteiger charge is -2.17. The van der Waals surface area contributed by atoms with Crippen LogP contribution in [0.4, 0.5) is 0 Å². The summed E-state index contributed by atoms with van der Waals surface area (Å²) >= 11 is 0. The summed E-state index contributed by atoms with van der Waals surface area (Å²) in [7, 11) is 1.59. The summed E-state index contributed by atoms with van der Waals surface area (Å²) in [5.74, 6) is 1.66. The fourth-order valence-corrected chi connectivity index (χ4v) is 2.71. The molecule has 27 heavy (non-hydrogen) atoms. The molecule has 0 heterocycles. The summed E-state index contributed by atoms with van der Waals surface area (Å²) < 4.78 is 17.5. The molecule has 0 aliphatic carbocycles. The van der Waals surface area contributed by atoms with Crippen LogP contribution in [-0.4, -0.2) is 7.11 Å². The highest BCUT2D eigenvalue weighted by Gasteiger charge is 2.15. The second kappa shape index (κ2) is 9.30. The fraction of sp³-hybridized carbons (Fsp3) is 0.174. The minimum absolute atomic E-state index is 0.271. The zero-order valence-corrected chi connectivity index (χ0v) is 15.2. The molecule has 0 radical (unpaired) electrons. The Balaban J connectivity index is 1.84. The van der Waals surface area contributed by atoms with E-state index in [1.807, 2.05) is 72.8 Å². The van der Waals surface area contributed by atoms with Crippen molar-refractivity contribution in [3.63, 3.8) is 0 Å². The van der Waals surface area contributed by atoms with E-state index >= 15 is 0 Å². The molecular weight excluding hydrogens is 338 g/mol. The molecule has 0 atom stereocenters. The first-order chi connectivity index (χ1) is 13.3. The average molecular weight is 359 g/mol. The van der Waals surface area contributed by atoms with Gasteiger partial charge in [-0.15, -0.1) is 0 Å². The lowest BCUT2D eigenvalue weighted by molar-refractivity contribution is 0.257. The number of rotatable bonds is 8. The van der Waals surface area contributed by atoms with Crippen LogP contribution in [0.5, 0.6) is 17.2 Å². The minimum Gasteiger partial charge on any atom is -0.490 e. The van der Waals surface area contributed by atoms with Gasteiger partial charge in [-0.2, -0.15) is 5.26 Å². The van der Waals surface area contributed by atoms with E-state index in [1.165, 1.54) is 0 Å². The van der Waals surface area contributed by atoms with Crippen molar-refractivity contribution in [2.45, 2.75) is 19.6 Å². The maximum absolute atomic E-state index is 9.08. The Morgan fingerprint density at radius 1 is 0.741 bits per heavy atom. The number of hydrogen-bond acceptors (Lipinski definition) is 4. The van der Waals surface area contributed by atoms with Crippen molar-refractivity contribution >= 4 is 0 Å². The highest BCUT2D eigenvalue weighted by Crippen LogP contribution is 2.39. The SMILES string of the molecule is COc1c(OCc2ccccc2)cc(CC#N)cc1OCc1ccccc1. The van der Waals surface area contributed by atoms with Crippen LogP contribution in [-0.2, 0) is 19.6 Å². The number of hydrogen-bond donors (Lipinski definition) is 0. The highest BCUT2D eigenvalue weighted by molar-refractivity contribution is 5.54. The molecular formula is C23H21NO3. The van der Waals surface area contributed by atoms with E-state index in [2.05, 4.69) is 6.07 Å². The van der Waals surface area contributed by atoms with Crippen molar-refractivity contribution in [2.24, 2.45) is 0 Å². The smallest absolute Gasteiger partial charge is 0.203 e. The van der Waals surface area contributed by atoms with Gasteiger partial charge in [0.25, 0.3) is 0 Å². The molecule has 3 rings (SSSR count). The number of benzene rings is 3. The lowest BCUT2D eigenvalue weighted by Crippen LogP contribution is -2.03. The van der Waals surface area contributed by atoms with Gasteiger partial charge >= 0.3 is 0 Å². The topological polar surface area (TPSA) is 51.5 Å². The van der Waals surface area contributed by atoms with Crippen LogP contribution in [0.2, 0.25) is 0 Å². The first kappa shape index (κ1) is 18.3. The number of nitriles is 1. The Hall–Kier alpha value is -3.45. The van der Waals surface area contributed by atoms with Crippen molar-refractivity contribution < 1.29 is 14.2 Å². The summed E-state index contributed by atoms with van der Waals surface area (Å²) in [4.78, 5) is 0. The zero-order chi connectivity index (χ0) is 18.9. The van der Waals surface area contributed by atoms with Crippen molar-refractivity contribution in [1.82, 2.24) is 0 Å². The summed E-state index contributed by atoms with van der Waals surface area (Å²) in [5, 5.41) is 9.08. The van der Waals surface area contributed by atoms with Gasteiger partial charge < -0.3 is 14.2 Å². The molecule has 0 saturated carbocycles. The number of ether oxygens (including phenoxy) is 3. The molecule has 0 aliphatic rings. The van der Waals surface area contributed by atoms with Gasteiger partial charge in [0.15, 0.2) is 11.5 Å². The van der Waals surface area contributed by atoms with Gasteiger partial charge in [0.05, 0.1) is 19.6 Å². The molecule has 0 spiro atoms. The minimum atomic E-state index is 0.271. The van der Waals surface area contributed by atoms with E-state index in [-0.39, 0.29) is 6.42 Å². The third-order valence-corrected chi connectivity index (χ3v) is 4.04. The highest BCUT2D eigenvalue weighted by atomic mass is 16.5. The maximum Gasteiger partial charge on any atom is 0.203 e. The summed E-state index contributed by atoms with van der Waals surface area (Å²) in [5.41, 5.74) is 2.93. The average Bonchev–Trinajstić information content (AvgIpc) is 2.72. The summed E-state index contributed by atoms with van der Waals surface area (Å²) in [6.07, 6.45) is 0.271. The Labute approximate surface area is 159 Å². The molecule has 0 unspecified atom stereocenters. The van der Waals surface area contributed by atoms with E-state index in [0.717, 1.165) is 16.7 Å². The second-order valence-corrected chi connectivity index (χ2v) is 6.01. The summed E-state index contributed by atoms with van der Waals surface area (Å²) in [6, 6.07) is 25.6. The van der Waals surface area contributed by atoms with Crippen LogP contribution in [0.15, 0.2) is 72.8 Å². The van der Waals surface area contributed by atoms with Crippen molar-refractivity contribution in [1.29, 1.82) is 5.26 Å². The van der Waals surface area contributed by atoms with Crippen LogP contribution in [0.3, 0.4) is 0 Å². The van der Waals surface area contributed by atoms with Gasteiger partial charge in [0.2, 0.25) is 5.75 Å². The molecule has 3 aromatic rings. The first-order valence-electron chi connectivity index (χ1n) is 8.71. The van der Waals surface area contributed by atoms with E-state index in [4.69, 9.17) is 19.5 Å². The molecule has 0 amide bonds. The molecule has 3 aromatic carbocycles. The molecule has 0 fully saturated rings. The van der Waals surface area contributed by atoms with Gasteiger partial charge in [0.1, 0.15) is 13.2 Å². The standard InChI is InChI=1S/C23H21NO3/c1-25-23-21(26-16-18-8-4-2-5-9-18)14-20(12-13-24)15-22(23)27-17-19-10-6-3-7-11-19/h2-11,14-15H,12,16-17H2,1H3. The normalized spacial score (nSPS) is 10.1. The van der Waals surface area contributed by atoms with E-state index in [1.54, 1.807) is 7.11 Å². The van der Waals surface area contributed by atoms with Crippen molar-refractivity contribution in [2.75, 3.05) is 7.11 Å². The molecule has 136 valence electrons. The molecule has 0 bridgehead atoms. The molecule has 0 aromatic heterocycles. The Morgan fingerprint density at radius 2 is 1.22 bits per heavy atom. The third-order valence-electron chi connectivity index (χ3n) is 4.04. The van der Waals surface area contributed by atoms with Crippen LogP contribution >= 0.6 is 0 Å². The molecule has 4 nitrogen and oxygen atoms in total. The van der Waals surface area contributed by atoms with Crippen LogP contribution in [0, 0.1) is 11.3 Å². The van der Waals surface area contributed by atoms with Gasteiger partial charge in [-0.25, -0.2) is 0 Å². The molecule has 0 N–H and O–H groups in total. The lowest BCUT2D eigenvalue weighted by atomic mass is 10.1. The fourth-order valence-electron chi connectivity index (χ4n) is 2.71. The van der Waals surface area contributed by atoms with Crippen molar-refractivity contribution in [3.8, 4) is 23.3 Å². The molecule has 0 aliphatic heterocycles. The Morgan fingerprint density at radius 3 is 1.63 bits per heavy atom. The largest absolute Gasteiger partial charge is 0.490 e. The third kappa shape index (κ3) is 5.02. The van der Waals surface area contributed by atoms with Gasteiger partial charge in [-0.1, -0.05) is 60.7 Å². The zero-order valence-electron chi connectivity index (χ0n) is 15.2. The Bertz CT molecular complexity index is 837. The van der Waals surface area contributed by atoms with Crippen LogP contribution in [0.1, 0.15) is 16.7 Å². The first-order valence-corrected chi connectivity index (χ1v) is 8.71. The predicted octanol–water partition coefficient (Wildman–Crippen LogP) is 4.92. The maximum atomic E-state index is 9.08. The van der Waals surface area contributed by atoms with Crippen molar-refractivity contribution in [3.05, 3.63) is 89.5 Å². The van der Waals surface area contributed by atoms with E-state index in [0.29, 0.717) is 30.5 Å². The Kier molecular flexibility index (Phi) is 6.32. The van der Waals surface area contributed by atoms with Gasteiger partial charge in [-0.05, 0) is 28.8 Å².